The summed E-state index contributed by atoms with van der Waals surface area (Å²) in [6, 6.07) is 0. The largest absolute Gasteiger partial charge is 0.465 e. The van der Waals surface area contributed by atoms with Crippen LogP contribution in [-0.2, 0) is 9.53 Å². The molecule has 17 heavy (non-hydrogen) atoms. The lowest BCUT2D eigenvalue weighted by Gasteiger charge is -2.03. The summed E-state index contributed by atoms with van der Waals surface area (Å²) in [6.45, 7) is 0.557. The molecule has 0 amide bonds. The molecule has 0 bridgehead atoms. The van der Waals surface area contributed by atoms with Crippen molar-refractivity contribution in [2.45, 2.75) is 57.8 Å². The maximum atomic E-state index is 10.8. The van der Waals surface area contributed by atoms with E-state index in [0.29, 0.717) is 6.61 Å². The molecule has 0 aliphatic rings. The van der Waals surface area contributed by atoms with Crippen LogP contribution in [-0.4, -0.2) is 24.1 Å². The third-order valence-electron chi connectivity index (χ3n) is 2.69. The highest BCUT2D eigenvalue weighted by Crippen LogP contribution is 2.09. The molecule has 0 saturated carbocycles. The van der Waals surface area contributed by atoms with E-state index in [1.807, 2.05) is 0 Å². The Kier molecular flexibility index (Phi) is 14.4. The van der Waals surface area contributed by atoms with Gasteiger partial charge in [0.25, 0.3) is 0 Å². The van der Waals surface area contributed by atoms with Gasteiger partial charge in [-0.2, -0.15) is 25.3 Å². The third kappa shape index (κ3) is 14.1. The first-order chi connectivity index (χ1) is 8.31. The summed E-state index contributed by atoms with van der Waals surface area (Å²) in [5.41, 5.74) is 0. The van der Waals surface area contributed by atoms with Crippen LogP contribution in [0.1, 0.15) is 57.8 Å². The molecule has 0 aromatic rings. The van der Waals surface area contributed by atoms with Crippen molar-refractivity contribution in [1.29, 1.82) is 0 Å². The minimum Gasteiger partial charge on any atom is -0.465 e. The number of hydrogen-bond acceptors (Lipinski definition) is 4. The molecule has 2 nitrogen and oxygen atoms in total. The molecule has 0 atom stereocenters. The quantitative estimate of drug-likeness (QED) is 0.322. The van der Waals surface area contributed by atoms with Crippen molar-refractivity contribution in [3.05, 3.63) is 0 Å². The normalized spacial score (nSPS) is 10.5. The summed E-state index contributed by atoms with van der Waals surface area (Å²) in [6.07, 6.45) is 11.3. The monoisotopic (exact) mass is 278 g/mol. The summed E-state index contributed by atoms with van der Waals surface area (Å²) in [4.78, 5) is 10.8. The van der Waals surface area contributed by atoms with Gasteiger partial charge in [0.05, 0.1) is 12.4 Å². The standard InChI is InChI=1S/C13H26O2S2/c14-13(12-17)15-10-8-6-4-2-1-3-5-7-9-11-16/h16-17H,1-12H2. The molecular weight excluding hydrogens is 252 g/mol. The van der Waals surface area contributed by atoms with Crippen LogP contribution in [0.15, 0.2) is 0 Å². The molecule has 0 fully saturated rings. The Morgan fingerprint density at radius 2 is 1.24 bits per heavy atom. The second-order valence-electron chi connectivity index (χ2n) is 4.28. The van der Waals surface area contributed by atoms with Gasteiger partial charge in [-0.05, 0) is 18.6 Å². The van der Waals surface area contributed by atoms with Crippen molar-refractivity contribution in [2.75, 3.05) is 18.1 Å². The Hall–Kier alpha value is 0.170. The third-order valence-corrected chi connectivity index (χ3v) is 3.27. The lowest BCUT2D eigenvalue weighted by atomic mass is 10.1. The van der Waals surface area contributed by atoms with Crippen LogP contribution in [0.2, 0.25) is 0 Å². The predicted octanol–water partition coefficient (Wildman–Crippen LogP) is 3.90. The molecule has 0 aliphatic carbocycles. The van der Waals surface area contributed by atoms with Crippen molar-refractivity contribution in [3.8, 4) is 0 Å². The highest BCUT2D eigenvalue weighted by atomic mass is 32.1. The maximum Gasteiger partial charge on any atom is 0.315 e. The van der Waals surface area contributed by atoms with Crippen molar-refractivity contribution in [2.24, 2.45) is 0 Å². The van der Waals surface area contributed by atoms with Gasteiger partial charge in [-0.15, -0.1) is 0 Å². The van der Waals surface area contributed by atoms with E-state index in [9.17, 15) is 4.79 Å². The van der Waals surface area contributed by atoms with Crippen LogP contribution in [0.25, 0.3) is 0 Å². The Balaban J connectivity index is 2.96. The summed E-state index contributed by atoms with van der Waals surface area (Å²) < 4.78 is 4.94. The highest BCUT2D eigenvalue weighted by Gasteiger charge is 1.97. The zero-order chi connectivity index (χ0) is 12.8. The van der Waals surface area contributed by atoms with Crippen LogP contribution < -0.4 is 0 Å². The van der Waals surface area contributed by atoms with E-state index >= 15 is 0 Å². The lowest BCUT2D eigenvalue weighted by molar-refractivity contribution is -0.140. The Labute approximate surface area is 117 Å². The number of thiol groups is 2. The molecule has 4 heteroatoms. The summed E-state index contributed by atoms with van der Waals surface area (Å²) in [5.74, 6) is 0.995. The minimum atomic E-state index is -0.211. The van der Waals surface area contributed by atoms with Crippen LogP contribution in [0.3, 0.4) is 0 Å². The molecule has 0 rings (SSSR count). The van der Waals surface area contributed by atoms with Gasteiger partial charge in [0.2, 0.25) is 0 Å². The van der Waals surface area contributed by atoms with Crippen molar-refractivity contribution in [1.82, 2.24) is 0 Å². The molecule has 0 saturated heterocycles. The highest BCUT2D eigenvalue weighted by molar-refractivity contribution is 7.81. The Morgan fingerprint density at radius 3 is 1.71 bits per heavy atom. The SMILES string of the molecule is O=C(CS)OCCCCCCCCCCCS. The minimum absolute atomic E-state index is 0.187. The van der Waals surface area contributed by atoms with E-state index < -0.39 is 0 Å². The predicted molar refractivity (Wildman–Crippen MR) is 80.2 cm³/mol. The van der Waals surface area contributed by atoms with Crippen molar-refractivity contribution in [3.63, 3.8) is 0 Å². The average Bonchev–Trinajstić information content (AvgIpc) is 2.35. The second-order valence-corrected chi connectivity index (χ2v) is 5.05. The number of hydrogen-bond donors (Lipinski definition) is 2. The molecule has 0 aromatic heterocycles. The van der Waals surface area contributed by atoms with E-state index in [2.05, 4.69) is 25.3 Å². The smallest absolute Gasteiger partial charge is 0.315 e. The summed E-state index contributed by atoms with van der Waals surface area (Å²) in [7, 11) is 0. The zero-order valence-electron chi connectivity index (χ0n) is 10.7. The Bertz CT molecular complexity index is 175. The average molecular weight is 278 g/mol. The van der Waals surface area contributed by atoms with Gasteiger partial charge >= 0.3 is 5.97 Å². The van der Waals surface area contributed by atoms with E-state index in [0.717, 1.165) is 18.6 Å². The van der Waals surface area contributed by atoms with E-state index in [1.165, 1.54) is 44.9 Å². The fourth-order valence-electron chi connectivity index (χ4n) is 1.68. The summed E-state index contributed by atoms with van der Waals surface area (Å²) in [5, 5.41) is 0. The van der Waals surface area contributed by atoms with Crippen LogP contribution >= 0.6 is 25.3 Å². The van der Waals surface area contributed by atoms with Crippen molar-refractivity contribution >= 4 is 31.2 Å². The topological polar surface area (TPSA) is 26.3 Å². The first-order valence-electron chi connectivity index (χ1n) is 6.68. The van der Waals surface area contributed by atoms with E-state index in [4.69, 9.17) is 4.74 Å². The fourth-order valence-corrected chi connectivity index (χ4v) is 2.00. The molecular formula is C13H26O2S2. The molecule has 0 unspecified atom stereocenters. The van der Waals surface area contributed by atoms with Crippen LogP contribution in [0.4, 0.5) is 0 Å². The van der Waals surface area contributed by atoms with Gasteiger partial charge in [0, 0.05) is 0 Å². The number of esters is 1. The van der Waals surface area contributed by atoms with Crippen molar-refractivity contribution < 1.29 is 9.53 Å². The fraction of sp³-hybridized carbons (Fsp3) is 0.923. The molecule has 0 radical (unpaired) electrons. The zero-order valence-corrected chi connectivity index (χ0v) is 12.5. The van der Waals surface area contributed by atoms with Crippen LogP contribution in [0.5, 0.6) is 0 Å². The number of carbonyl (C=O) groups is 1. The number of carbonyl (C=O) groups excluding carboxylic acids is 1. The molecule has 0 heterocycles. The molecule has 0 spiro atoms. The second kappa shape index (κ2) is 14.2. The summed E-state index contributed by atoms with van der Waals surface area (Å²) >= 11 is 8.03. The van der Waals surface area contributed by atoms with E-state index in [-0.39, 0.29) is 11.7 Å². The maximum absolute atomic E-state index is 10.8. The number of unbranched alkanes of at least 4 members (excludes halogenated alkanes) is 8. The first kappa shape index (κ1) is 17.2. The van der Waals surface area contributed by atoms with Gasteiger partial charge in [-0.25, -0.2) is 0 Å². The van der Waals surface area contributed by atoms with Gasteiger partial charge in [0.15, 0.2) is 0 Å². The van der Waals surface area contributed by atoms with Gasteiger partial charge in [0.1, 0.15) is 0 Å². The molecule has 0 N–H and O–H groups in total. The van der Waals surface area contributed by atoms with Gasteiger partial charge < -0.3 is 4.74 Å². The number of ether oxygens (including phenoxy) is 1. The molecule has 102 valence electrons. The number of rotatable bonds is 12. The lowest BCUT2D eigenvalue weighted by Crippen LogP contribution is -2.06. The van der Waals surface area contributed by atoms with E-state index in [1.54, 1.807) is 0 Å². The van der Waals surface area contributed by atoms with Gasteiger partial charge in [-0.1, -0.05) is 44.9 Å². The van der Waals surface area contributed by atoms with Crippen LogP contribution in [0, 0.1) is 0 Å². The van der Waals surface area contributed by atoms with Gasteiger partial charge in [-0.3, -0.25) is 4.79 Å². The first-order valence-corrected chi connectivity index (χ1v) is 7.95. The molecule has 0 aliphatic heterocycles. The molecule has 0 aromatic carbocycles. The Morgan fingerprint density at radius 1 is 0.765 bits per heavy atom.